The minimum atomic E-state index is -3.43. The average molecular weight is 388 g/mol. The van der Waals surface area contributed by atoms with Crippen molar-refractivity contribution in [3.05, 3.63) is 20.5 Å². The van der Waals surface area contributed by atoms with Crippen molar-refractivity contribution in [2.45, 2.75) is 24.5 Å². The Morgan fingerprint density at radius 2 is 2.23 bits per heavy atom. The summed E-state index contributed by atoms with van der Waals surface area (Å²) in [5, 5.41) is 22.0. The predicted molar refractivity (Wildman–Crippen MR) is 89.0 cm³/mol. The van der Waals surface area contributed by atoms with Crippen molar-refractivity contribution in [2.24, 2.45) is 0 Å². The fourth-order valence-electron chi connectivity index (χ4n) is 3.09. The first-order chi connectivity index (χ1) is 12.2. The molecule has 26 heavy (non-hydrogen) atoms. The number of nitrogens with zero attached hydrogens (tertiary/aromatic N) is 4. The van der Waals surface area contributed by atoms with Crippen LogP contribution in [0.25, 0.3) is 11.2 Å². The van der Waals surface area contributed by atoms with Gasteiger partial charge in [-0.2, -0.15) is 0 Å². The van der Waals surface area contributed by atoms with Gasteiger partial charge in [-0.15, -0.1) is 0 Å². The number of H-pyrrole nitrogens is 1. The molecule has 0 bridgehead atoms. The number of hydrogen-bond acceptors (Lipinski definition) is 11. The fraction of sp³-hybridized carbons (Fsp3) is 0.500. The summed E-state index contributed by atoms with van der Waals surface area (Å²) >= 11 is 0. The molecule has 0 aliphatic carbocycles. The number of nitrogens with two attached hydrogens (primary N) is 1. The predicted octanol–water partition coefficient (Wildman–Crippen LogP) is -2.68. The van der Waals surface area contributed by atoms with Crippen LogP contribution in [0.15, 0.2) is 4.79 Å². The molecule has 0 unspecified atom stereocenters. The molecular formula is C10H14BN6O8P. The number of rotatable bonds is 2. The molecule has 2 fully saturated rings. The summed E-state index contributed by atoms with van der Waals surface area (Å²) in [6.07, 6.45) is -4.48. The zero-order valence-electron chi connectivity index (χ0n) is 13.2. The van der Waals surface area contributed by atoms with E-state index >= 15 is 0 Å². The van der Waals surface area contributed by atoms with Gasteiger partial charge in [-0.1, -0.05) is 0 Å². The summed E-state index contributed by atoms with van der Waals surface area (Å²) in [6, 6.07) is 0. The summed E-state index contributed by atoms with van der Waals surface area (Å²) in [6.45, 7) is -0.0615. The zero-order valence-corrected chi connectivity index (χ0v) is 14.2. The first-order valence-electron chi connectivity index (χ1n) is 7.48. The molecule has 0 aromatic carbocycles. The van der Waals surface area contributed by atoms with Gasteiger partial charge >= 0.3 is 144 Å². The van der Waals surface area contributed by atoms with Crippen molar-refractivity contribution in [3.63, 3.8) is 0 Å². The Labute approximate surface area is 145 Å². The van der Waals surface area contributed by atoms with E-state index in [0.29, 0.717) is 0 Å². The van der Waals surface area contributed by atoms with Crippen LogP contribution in [0.1, 0.15) is 6.23 Å². The summed E-state index contributed by atoms with van der Waals surface area (Å²) in [4.78, 5) is 42.2. The molecule has 4 heterocycles. The molecule has 0 amide bonds. The van der Waals surface area contributed by atoms with E-state index in [0.717, 1.165) is 4.57 Å². The van der Waals surface area contributed by atoms with Gasteiger partial charge in [0.25, 0.3) is 0 Å². The maximum atomic E-state index is 12.0. The Hall–Kier alpha value is -2.16. The van der Waals surface area contributed by atoms with Gasteiger partial charge in [0.15, 0.2) is 0 Å². The number of aliphatic hydroxyl groups is 1. The Balaban J connectivity index is 1.85. The molecule has 140 valence electrons. The molecule has 0 radical (unpaired) electrons. The van der Waals surface area contributed by atoms with Gasteiger partial charge in [-0.3, -0.25) is 0 Å². The molecule has 4 rings (SSSR count). The van der Waals surface area contributed by atoms with E-state index in [9.17, 15) is 24.9 Å². The second kappa shape index (κ2) is 5.67. The molecule has 4 atom stereocenters. The van der Waals surface area contributed by atoms with E-state index in [-0.39, 0.29) is 23.7 Å². The Bertz CT molecular complexity index is 963. The number of nitrogen functional groups attached to an aromatic ring is 1. The van der Waals surface area contributed by atoms with Crippen LogP contribution in [0.3, 0.4) is 0 Å². The third-order valence-corrected chi connectivity index (χ3v) is 5.56. The number of anilines is 1. The van der Waals surface area contributed by atoms with Gasteiger partial charge in [-0.05, 0) is 0 Å². The van der Waals surface area contributed by atoms with Crippen molar-refractivity contribution < 1.29 is 28.7 Å². The zero-order chi connectivity index (χ0) is 18.8. The second-order valence-electron chi connectivity index (χ2n) is 6.01. The SMILES string of the molecule is B[PH]1(O)OC[C@H]2O[C@@H](n3c([N+](=O)[O-])nc4c(=O)[nH]c(N)nc43)[C@@H](O)[C@H]2O1. The number of aliphatic hydroxyl groups excluding tert-OH is 1. The van der Waals surface area contributed by atoms with Gasteiger partial charge in [0.1, 0.15) is 0 Å². The number of aromatic nitrogens is 4. The number of nitrogens with one attached hydrogen (secondary N) is 1. The summed E-state index contributed by atoms with van der Waals surface area (Å²) in [5.74, 6) is -1.03. The molecule has 2 saturated heterocycles. The monoisotopic (exact) mass is 388 g/mol. The van der Waals surface area contributed by atoms with Crippen LogP contribution in [0.4, 0.5) is 11.9 Å². The van der Waals surface area contributed by atoms with Gasteiger partial charge in [0.05, 0.1) is 0 Å². The Morgan fingerprint density at radius 1 is 1.50 bits per heavy atom. The van der Waals surface area contributed by atoms with Crippen LogP contribution < -0.4 is 11.3 Å². The van der Waals surface area contributed by atoms with Crippen molar-refractivity contribution in [1.82, 2.24) is 19.5 Å². The molecule has 2 aliphatic rings. The quantitative estimate of drug-likeness (QED) is 0.181. The van der Waals surface area contributed by atoms with Gasteiger partial charge in [0, 0.05) is 0 Å². The number of nitro groups is 1. The van der Waals surface area contributed by atoms with Crippen LogP contribution in [0.5, 0.6) is 0 Å². The van der Waals surface area contributed by atoms with Gasteiger partial charge in [0.2, 0.25) is 0 Å². The molecule has 0 saturated carbocycles. The van der Waals surface area contributed by atoms with E-state index in [4.69, 9.17) is 19.5 Å². The van der Waals surface area contributed by atoms with E-state index in [1.165, 1.54) is 7.57 Å². The number of fused-ring (bicyclic) bond motifs is 2. The fourth-order valence-corrected chi connectivity index (χ4v) is 4.43. The number of hydrogen-bond donors (Lipinski definition) is 4. The number of ether oxygens (including phenoxy) is 1. The number of aromatic amines is 1. The maximum absolute atomic E-state index is 12.0. The first kappa shape index (κ1) is 17.3. The number of imidazole rings is 1. The molecule has 2 aromatic heterocycles. The summed E-state index contributed by atoms with van der Waals surface area (Å²) in [7, 11) is -2.05. The van der Waals surface area contributed by atoms with Crippen molar-refractivity contribution in [1.29, 1.82) is 0 Å². The average Bonchev–Trinajstić information content (AvgIpc) is 3.05. The van der Waals surface area contributed by atoms with E-state index < -0.39 is 48.8 Å². The van der Waals surface area contributed by atoms with Crippen LogP contribution in [-0.2, 0) is 13.8 Å². The Kier molecular flexibility index (Phi) is 3.77. The molecule has 14 nitrogen and oxygen atoms in total. The summed E-state index contributed by atoms with van der Waals surface area (Å²) in [5.41, 5.74) is 4.20. The third-order valence-electron chi connectivity index (χ3n) is 4.15. The van der Waals surface area contributed by atoms with E-state index in [1.807, 2.05) is 0 Å². The Morgan fingerprint density at radius 3 is 2.92 bits per heavy atom. The molecule has 0 spiro atoms. The van der Waals surface area contributed by atoms with Crippen molar-refractivity contribution >= 4 is 38.4 Å². The van der Waals surface area contributed by atoms with Crippen molar-refractivity contribution in [2.75, 3.05) is 12.3 Å². The molecule has 2 aliphatic heterocycles. The third kappa shape index (κ3) is 2.56. The second-order valence-corrected chi connectivity index (χ2v) is 8.33. The molecule has 5 N–H and O–H groups in total. The van der Waals surface area contributed by atoms with Gasteiger partial charge in [-0.25, -0.2) is 0 Å². The van der Waals surface area contributed by atoms with Crippen molar-refractivity contribution in [3.8, 4) is 0 Å². The van der Waals surface area contributed by atoms with Gasteiger partial charge < -0.3 is 0 Å². The topological polar surface area (TPSA) is 201 Å². The first-order valence-corrected chi connectivity index (χ1v) is 9.74. The van der Waals surface area contributed by atoms with E-state index in [2.05, 4.69) is 15.0 Å². The molecular weight excluding hydrogens is 374 g/mol. The van der Waals surface area contributed by atoms with E-state index in [1.54, 1.807) is 0 Å². The molecule has 16 heteroatoms. The van der Waals surface area contributed by atoms with Crippen LogP contribution in [-0.4, -0.2) is 66.9 Å². The standard InChI is InChI=1S/C10H14BN6O8P/c11-26(22)23-1-2-5(25-26)4(18)8(24-2)16-6-3(13-10(16)17(20)21)7(19)15-9(12)14-6/h2,4-5,8,18,22,26H,1,11H2,(H3,12,14,15,19)/t2-,4+,5+,8-/m1/s1. The summed E-state index contributed by atoms with van der Waals surface area (Å²) < 4.78 is 17.1. The van der Waals surface area contributed by atoms with Crippen LogP contribution >= 0.6 is 7.82 Å². The normalized spacial score (nSPS) is 31.6. The van der Waals surface area contributed by atoms with Crippen LogP contribution in [0.2, 0.25) is 0 Å². The van der Waals surface area contributed by atoms with Crippen LogP contribution in [0, 0.1) is 10.1 Å². The minimum absolute atomic E-state index is 0.0615. The molecule has 2 aromatic rings.